The van der Waals surface area contributed by atoms with Gasteiger partial charge in [-0.05, 0) is 32.0 Å². The van der Waals surface area contributed by atoms with Gasteiger partial charge in [-0.2, -0.15) is 5.10 Å². The molecule has 0 saturated carbocycles. The number of para-hydroxylation sites is 1. The molecule has 0 amide bonds. The maximum atomic E-state index is 12.5. The van der Waals surface area contributed by atoms with Crippen LogP contribution in [0.4, 0.5) is 5.69 Å². The van der Waals surface area contributed by atoms with Gasteiger partial charge in [-0.1, -0.05) is 18.2 Å². The summed E-state index contributed by atoms with van der Waals surface area (Å²) in [7, 11) is -3.78. The summed E-state index contributed by atoms with van der Waals surface area (Å²) in [5.41, 5.74) is 0.427. The van der Waals surface area contributed by atoms with Crippen molar-refractivity contribution in [1.82, 2.24) is 14.2 Å². The van der Waals surface area contributed by atoms with Crippen molar-refractivity contribution >= 4 is 21.2 Å². The van der Waals surface area contributed by atoms with E-state index in [-0.39, 0.29) is 16.0 Å². The number of hydrogen-bond donors (Lipinski definition) is 1. The first-order valence-corrected chi connectivity index (χ1v) is 8.58. The Labute approximate surface area is 133 Å². The van der Waals surface area contributed by atoms with Gasteiger partial charge in [0.2, 0.25) is 0 Å². The summed E-state index contributed by atoms with van der Waals surface area (Å²) in [6.07, 6.45) is 1.41. The lowest BCUT2D eigenvalue weighted by Crippen LogP contribution is -2.25. The van der Waals surface area contributed by atoms with Crippen molar-refractivity contribution in [1.29, 1.82) is 0 Å². The number of benzene rings is 1. The van der Waals surface area contributed by atoms with Gasteiger partial charge in [0, 0.05) is 18.4 Å². The third-order valence-corrected chi connectivity index (χ3v) is 4.85. The number of nitrogens with one attached hydrogen (secondary N) is 1. The Kier molecular flexibility index (Phi) is 3.69. The molecule has 0 fully saturated rings. The van der Waals surface area contributed by atoms with Crippen LogP contribution in [0.5, 0.6) is 0 Å². The lowest BCUT2D eigenvalue weighted by Gasteiger charge is -2.05. The van der Waals surface area contributed by atoms with Crippen LogP contribution >= 0.6 is 0 Å². The van der Waals surface area contributed by atoms with Crippen LogP contribution in [0.2, 0.25) is 0 Å². The zero-order valence-corrected chi connectivity index (χ0v) is 13.5. The van der Waals surface area contributed by atoms with Crippen molar-refractivity contribution in [2.24, 2.45) is 0 Å². The van der Waals surface area contributed by atoms with Crippen molar-refractivity contribution < 1.29 is 8.42 Å². The van der Waals surface area contributed by atoms with Crippen molar-refractivity contribution in [2.45, 2.75) is 25.3 Å². The molecule has 1 aromatic carbocycles. The molecule has 120 valence electrons. The number of anilines is 1. The van der Waals surface area contributed by atoms with Crippen LogP contribution in [0.3, 0.4) is 0 Å². The largest absolute Gasteiger partial charge is 0.298 e. The van der Waals surface area contributed by atoms with Gasteiger partial charge in [0.25, 0.3) is 15.6 Å². The highest BCUT2D eigenvalue weighted by Gasteiger charge is 2.19. The standard InChI is InChI=1S/C15H16N4O3S/c1-3-19-15(20)14-9-13(10-18(14)11(2)16-19)23(21,22)17-12-7-5-4-6-8-12/h4-10,17H,3H2,1-2H3. The number of aromatic nitrogens is 3. The van der Waals surface area contributed by atoms with E-state index in [9.17, 15) is 13.2 Å². The fourth-order valence-electron chi connectivity index (χ4n) is 2.35. The van der Waals surface area contributed by atoms with Crippen molar-refractivity contribution in [3.63, 3.8) is 0 Å². The number of nitrogens with zero attached hydrogens (tertiary/aromatic N) is 3. The normalized spacial score (nSPS) is 11.7. The van der Waals surface area contributed by atoms with Crippen LogP contribution in [0.25, 0.3) is 5.52 Å². The summed E-state index contributed by atoms with van der Waals surface area (Å²) >= 11 is 0. The average Bonchev–Trinajstić information content (AvgIpc) is 2.98. The Morgan fingerprint density at radius 1 is 1.22 bits per heavy atom. The fourth-order valence-corrected chi connectivity index (χ4v) is 3.43. The molecule has 2 heterocycles. The van der Waals surface area contributed by atoms with Crippen LogP contribution in [0.1, 0.15) is 12.7 Å². The predicted molar refractivity (Wildman–Crippen MR) is 87.1 cm³/mol. The van der Waals surface area contributed by atoms with E-state index >= 15 is 0 Å². The first-order valence-electron chi connectivity index (χ1n) is 7.10. The summed E-state index contributed by atoms with van der Waals surface area (Å²) in [5, 5.41) is 4.15. The predicted octanol–water partition coefficient (Wildman–Crippen LogP) is 1.63. The summed E-state index contributed by atoms with van der Waals surface area (Å²) < 4.78 is 30.3. The second-order valence-corrected chi connectivity index (χ2v) is 6.75. The minimum Gasteiger partial charge on any atom is -0.298 e. The molecule has 0 saturated heterocycles. The number of sulfonamides is 1. The van der Waals surface area contributed by atoms with Crippen molar-refractivity contribution in [3.05, 3.63) is 58.8 Å². The summed E-state index contributed by atoms with van der Waals surface area (Å²) in [4.78, 5) is 12.3. The molecule has 7 nitrogen and oxygen atoms in total. The zero-order chi connectivity index (χ0) is 16.6. The molecular weight excluding hydrogens is 316 g/mol. The van der Waals surface area contributed by atoms with E-state index in [1.807, 2.05) is 6.92 Å². The molecule has 0 aliphatic rings. The highest BCUT2D eigenvalue weighted by atomic mass is 32.2. The number of hydrogen-bond acceptors (Lipinski definition) is 4. The molecule has 0 bridgehead atoms. The van der Waals surface area contributed by atoms with Crippen LogP contribution in [-0.2, 0) is 16.6 Å². The van der Waals surface area contributed by atoms with Gasteiger partial charge in [0.15, 0.2) is 0 Å². The van der Waals surface area contributed by atoms with Crippen LogP contribution in [-0.4, -0.2) is 22.6 Å². The van der Waals surface area contributed by atoms with Gasteiger partial charge in [-0.15, -0.1) is 0 Å². The van der Waals surface area contributed by atoms with E-state index in [0.29, 0.717) is 18.1 Å². The fraction of sp³-hybridized carbons (Fsp3) is 0.200. The molecule has 23 heavy (non-hydrogen) atoms. The topological polar surface area (TPSA) is 85.5 Å². The first kappa shape index (κ1) is 15.3. The Bertz CT molecular complexity index is 1020. The first-order chi connectivity index (χ1) is 10.9. The summed E-state index contributed by atoms with van der Waals surface area (Å²) in [6, 6.07) is 9.96. The van der Waals surface area contributed by atoms with Gasteiger partial charge in [0.05, 0.1) is 0 Å². The molecule has 0 aliphatic carbocycles. The molecule has 0 aliphatic heterocycles. The third kappa shape index (κ3) is 2.72. The molecule has 0 atom stereocenters. The molecule has 0 spiro atoms. The van der Waals surface area contributed by atoms with E-state index in [1.54, 1.807) is 37.3 Å². The molecule has 3 aromatic rings. The monoisotopic (exact) mass is 332 g/mol. The zero-order valence-electron chi connectivity index (χ0n) is 12.7. The van der Waals surface area contributed by atoms with E-state index in [1.165, 1.54) is 21.3 Å². The van der Waals surface area contributed by atoms with Gasteiger partial charge >= 0.3 is 0 Å². The maximum absolute atomic E-state index is 12.5. The molecule has 8 heteroatoms. The van der Waals surface area contributed by atoms with Gasteiger partial charge < -0.3 is 0 Å². The molecule has 1 N–H and O–H groups in total. The van der Waals surface area contributed by atoms with Gasteiger partial charge in [-0.3, -0.25) is 13.9 Å². The van der Waals surface area contributed by atoms with E-state index in [2.05, 4.69) is 9.82 Å². The Hall–Kier alpha value is -2.61. The smallest absolute Gasteiger partial charge is 0.291 e. The quantitative estimate of drug-likeness (QED) is 0.787. The average molecular weight is 332 g/mol. The van der Waals surface area contributed by atoms with E-state index in [0.717, 1.165) is 0 Å². The molecule has 3 rings (SSSR count). The Balaban J connectivity index is 2.12. The second kappa shape index (κ2) is 5.54. The summed E-state index contributed by atoms with van der Waals surface area (Å²) in [5.74, 6) is 0.544. The lowest BCUT2D eigenvalue weighted by molar-refractivity contribution is 0.592. The highest BCUT2D eigenvalue weighted by molar-refractivity contribution is 7.92. The minimum atomic E-state index is -3.78. The van der Waals surface area contributed by atoms with Crippen LogP contribution in [0, 0.1) is 6.92 Å². The second-order valence-electron chi connectivity index (χ2n) is 5.07. The summed E-state index contributed by atoms with van der Waals surface area (Å²) in [6.45, 7) is 3.95. The minimum absolute atomic E-state index is 0.0252. The van der Waals surface area contributed by atoms with Crippen molar-refractivity contribution in [3.8, 4) is 0 Å². The molecular formula is C15H16N4O3S. The van der Waals surface area contributed by atoms with Gasteiger partial charge in [-0.25, -0.2) is 13.1 Å². The Morgan fingerprint density at radius 3 is 2.57 bits per heavy atom. The maximum Gasteiger partial charge on any atom is 0.291 e. The van der Waals surface area contributed by atoms with Crippen LogP contribution in [0.15, 0.2) is 52.3 Å². The van der Waals surface area contributed by atoms with E-state index in [4.69, 9.17) is 0 Å². The lowest BCUT2D eigenvalue weighted by atomic mass is 10.3. The Morgan fingerprint density at radius 2 is 1.91 bits per heavy atom. The van der Waals surface area contributed by atoms with Crippen molar-refractivity contribution in [2.75, 3.05) is 4.72 Å². The molecule has 0 unspecified atom stereocenters. The third-order valence-electron chi connectivity index (χ3n) is 3.50. The van der Waals surface area contributed by atoms with Crippen LogP contribution < -0.4 is 10.3 Å². The number of aryl methyl sites for hydroxylation is 2. The SMILES string of the molecule is CCn1nc(C)n2cc(S(=O)(=O)Nc3ccccc3)cc2c1=O. The number of fused-ring (bicyclic) bond motifs is 1. The highest BCUT2D eigenvalue weighted by Crippen LogP contribution is 2.18. The van der Waals surface area contributed by atoms with Gasteiger partial charge in [0.1, 0.15) is 16.2 Å². The molecule has 2 aromatic heterocycles. The molecule has 0 radical (unpaired) electrons. The van der Waals surface area contributed by atoms with E-state index < -0.39 is 10.0 Å². The number of rotatable bonds is 4.